The lowest BCUT2D eigenvalue weighted by Gasteiger charge is -2.29. The minimum Gasteiger partial charge on any atom is -0.475 e. The Hall–Kier alpha value is -1.43. The van der Waals surface area contributed by atoms with Gasteiger partial charge in [0.05, 0.1) is 4.90 Å². The Balaban J connectivity index is 2.05. The van der Waals surface area contributed by atoms with Crippen LogP contribution in [-0.2, 0) is 4.79 Å². The normalized spacial score (nSPS) is 20.2. The van der Waals surface area contributed by atoms with Gasteiger partial charge in [-0.1, -0.05) is 0 Å². The van der Waals surface area contributed by atoms with Crippen LogP contribution in [0.3, 0.4) is 0 Å². The molecule has 1 aromatic rings. The zero-order chi connectivity index (χ0) is 12.2. The number of rotatable bonds is 1. The van der Waals surface area contributed by atoms with E-state index in [1.54, 1.807) is 16.7 Å². The van der Waals surface area contributed by atoms with E-state index in [9.17, 15) is 9.59 Å². The minimum absolute atomic E-state index is 0.0956. The van der Waals surface area contributed by atoms with Gasteiger partial charge in [0.25, 0.3) is 0 Å². The molecule has 0 atom stereocenters. The van der Waals surface area contributed by atoms with Crippen molar-refractivity contribution in [3.63, 3.8) is 0 Å². The third kappa shape index (κ3) is 1.63. The van der Waals surface area contributed by atoms with Crippen LogP contribution in [-0.4, -0.2) is 28.3 Å². The summed E-state index contributed by atoms with van der Waals surface area (Å²) in [6, 6.07) is 1.51. The van der Waals surface area contributed by atoms with E-state index in [2.05, 4.69) is 0 Å². The topological polar surface area (TPSA) is 70.8 Å². The monoisotopic (exact) mass is 253 g/mol. The zero-order valence-corrected chi connectivity index (χ0v) is 10.0. The summed E-state index contributed by atoms with van der Waals surface area (Å²) in [6.07, 6.45) is 2.13. The molecule has 2 heterocycles. The van der Waals surface area contributed by atoms with Crippen molar-refractivity contribution in [1.29, 1.82) is 0 Å². The molecular weight excluding hydrogens is 242 g/mol. The Morgan fingerprint density at radius 3 is 2.76 bits per heavy atom. The summed E-state index contributed by atoms with van der Waals surface area (Å²) in [7, 11) is 0. The smallest absolute Gasteiger partial charge is 0.371 e. The fourth-order valence-corrected chi connectivity index (χ4v) is 3.38. The highest BCUT2D eigenvalue weighted by Crippen LogP contribution is 2.58. The number of anilines is 1. The third-order valence-electron chi connectivity index (χ3n) is 3.10. The maximum absolute atomic E-state index is 11.6. The number of carboxylic acid groups (broad SMARTS) is 1. The molecule has 0 saturated heterocycles. The molecule has 1 amide bonds. The molecule has 1 aliphatic carbocycles. The van der Waals surface area contributed by atoms with E-state index in [0.29, 0.717) is 12.4 Å². The summed E-state index contributed by atoms with van der Waals surface area (Å²) in [5, 5.41) is 8.90. The molecule has 1 saturated carbocycles. The minimum atomic E-state index is -1.10. The second-order valence-corrected chi connectivity index (χ2v) is 5.99. The van der Waals surface area contributed by atoms with Gasteiger partial charge in [0.15, 0.2) is 0 Å². The van der Waals surface area contributed by atoms with E-state index < -0.39 is 5.97 Å². The van der Waals surface area contributed by atoms with Crippen LogP contribution in [0.15, 0.2) is 15.4 Å². The summed E-state index contributed by atoms with van der Waals surface area (Å²) in [5.41, 5.74) is 0. The summed E-state index contributed by atoms with van der Waals surface area (Å²) in [4.78, 5) is 24.7. The van der Waals surface area contributed by atoms with E-state index in [0.717, 1.165) is 17.7 Å². The molecule has 0 bridgehead atoms. The Labute approximate surface area is 102 Å². The van der Waals surface area contributed by atoms with Crippen LogP contribution in [0.25, 0.3) is 0 Å². The van der Waals surface area contributed by atoms with Gasteiger partial charge in [-0.25, -0.2) is 4.79 Å². The van der Waals surface area contributed by atoms with Gasteiger partial charge in [-0.15, -0.1) is 11.8 Å². The van der Waals surface area contributed by atoms with Gasteiger partial charge in [0.2, 0.25) is 17.6 Å². The molecule has 1 fully saturated rings. The van der Waals surface area contributed by atoms with Crippen LogP contribution in [0.1, 0.15) is 30.3 Å². The Morgan fingerprint density at radius 2 is 2.24 bits per heavy atom. The van der Waals surface area contributed by atoms with E-state index in [-0.39, 0.29) is 16.4 Å². The largest absolute Gasteiger partial charge is 0.475 e. The molecular formula is C11H11NO4S. The van der Waals surface area contributed by atoms with Crippen molar-refractivity contribution < 1.29 is 19.1 Å². The van der Waals surface area contributed by atoms with Crippen LogP contribution >= 0.6 is 11.8 Å². The number of carbonyl (C=O) groups is 2. The first kappa shape index (κ1) is 10.7. The first-order chi connectivity index (χ1) is 8.01. The maximum atomic E-state index is 11.6. The lowest BCUT2D eigenvalue weighted by atomic mass is 10.3. The number of fused-ring (bicyclic) bond motifs is 1. The van der Waals surface area contributed by atoms with Crippen molar-refractivity contribution in [3.05, 3.63) is 11.8 Å². The lowest BCUT2D eigenvalue weighted by molar-refractivity contribution is -0.116. The average molecular weight is 253 g/mol. The Morgan fingerprint density at radius 1 is 1.53 bits per heavy atom. The van der Waals surface area contributed by atoms with E-state index in [4.69, 9.17) is 9.52 Å². The molecule has 5 nitrogen and oxygen atoms in total. The molecule has 3 rings (SSSR count). The highest BCUT2D eigenvalue weighted by atomic mass is 32.2. The van der Waals surface area contributed by atoms with Crippen molar-refractivity contribution in [2.45, 2.75) is 29.4 Å². The lowest BCUT2D eigenvalue weighted by Crippen LogP contribution is -2.38. The molecule has 2 aliphatic rings. The summed E-state index contributed by atoms with van der Waals surface area (Å²) in [5.74, 6) is -0.929. The number of furan rings is 1. The fourth-order valence-electron chi connectivity index (χ4n) is 2.01. The number of amides is 1. The Kier molecular flexibility index (Phi) is 2.07. The van der Waals surface area contributed by atoms with Crippen molar-refractivity contribution in [2.75, 3.05) is 11.4 Å². The van der Waals surface area contributed by atoms with E-state index in [1.807, 2.05) is 0 Å². The van der Waals surface area contributed by atoms with Gasteiger partial charge in [0.1, 0.15) is 0 Å². The molecule has 1 aliphatic heterocycles. The first-order valence-corrected chi connectivity index (χ1v) is 6.17. The van der Waals surface area contributed by atoms with Crippen molar-refractivity contribution in [3.8, 4) is 0 Å². The van der Waals surface area contributed by atoms with Gasteiger partial charge in [-0.2, -0.15) is 0 Å². The second kappa shape index (κ2) is 3.29. The molecule has 1 aromatic heterocycles. The quantitative estimate of drug-likeness (QED) is 0.828. The fraction of sp³-hybridized carbons (Fsp3) is 0.455. The number of thioether (sulfide) groups is 1. The van der Waals surface area contributed by atoms with Crippen LogP contribution in [0.2, 0.25) is 0 Å². The van der Waals surface area contributed by atoms with Gasteiger partial charge in [-0.05, 0) is 12.8 Å². The number of aromatic carboxylic acids is 1. The molecule has 0 aromatic carbocycles. The molecule has 1 N–H and O–H groups in total. The molecule has 1 spiro atoms. The highest BCUT2D eigenvalue weighted by molar-refractivity contribution is 8.01. The number of carbonyl (C=O) groups excluding carboxylic acids is 1. The molecule has 90 valence electrons. The van der Waals surface area contributed by atoms with Gasteiger partial charge < -0.3 is 9.52 Å². The SMILES string of the molecule is CC(=O)N1CC2(CC2)Sc2cc(C(=O)O)oc21. The Bertz CT molecular complexity index is 518. The highest BCUT2D eigenvalue weighted by Gasteiger charge is 2.50. The van der Waals surface area contributed by atoms with Crippen LogP contribution in [0, 0.1) is 0 Å². The molecule has 0 unspecified atom stereocenters. The molecule has 17 heavy (non-hydrogen) atoms. The van der Waals surface area contributed by atoms with Crippen molar-refractivity contribution >= 4 is 29.5 Å². The second-order valence-electron chi connectivity index (χ2n) is 4.48. The third-order valence-corrected chi connectivity index (χ3v) is 4.58. The van der Waals surface area contributed by atoms with Gasteiger partial charge >= 0.3 is 5.97 Å². The zero-order valence-electron chi connectivity index (χ0n) is 9.23. The molecule has 0 radical (unpaired) electrons. The predicted octanol–water partition coefficient (Wildman–Crippen LogP) is 1.97. The summed E-state index contributed by atoms with van der Waals surface area (Å²) < 4.78 is 5.34. The summed E-state index contributed by atoms with van der Waals surface area (Å²) in [6.45, 7) is 2.09. The number of carboxylic acids is 1. The first-order valence-electron chi connectivity index (χ1n) is 5.35. The van der Waals surface area contributed by atoms with Gasteiger partial charge in [-0.3, -0.25) is 9.69 Å². The van der Waals surface area contributed by atoms with Crippen LogP contribution in [0.4, 0.5) is 5.88 Å². The average Bonchev–Trinajstić information content (AvgIpc) is 2.85. The van der Waals surface area contributed by atoms with Crippen molar-refractivity contribution in [1.82, 2.24) is 0 Å². The number of hydrogen-bond acceptors (Lipinski definition) is 4. The predicted molar refractivity (Wildman–Crippen MR) is 61.5 cm³/mol. The maximum Gasteiger partial charge on any atom is 0.371 e. The standard InChI is InChI=1S/C11H11NO4S/c1-6(13)12-5-11(2-3-11)17-8-4-7(10(14)15)16-9(8)12/h4H,2-3,5H2,1H3,(H,14,15). The van der Waals surface area contributed by atoms with Crippen LogP contribution in [0.5, 0.6) is 0 Å². The van der Waals surface area contributed by atoms with E-state index in [1.165, 1.54) is 13.0 Å². The molecule has 6 heteroatoms. The van der Waals surface area contributed by atoms with Gasteiger partial charge in [0, 0.05) is 24.3 Å². The van der Waals surface area contributed by atoms with Crippen molar-refractivity contribution in [2.24, 2.45) is 0 Å². The van der Waals surface area contributed by atoms with Crippen LogP contribution < -0.4 is 4.90 Å². The number of hydrogen-bond donors (Lipinski definition) is 1. The summed E-state index contributed by atoms with van der Waals surface area (Å²) >= 11 is 1.63. The number of nitrogens with zero attached hydrogens (tertiary/aromatic N) is 1. The van der Waals surface area contributed by atoms with E-state index >= 15 is 0 Å².